The Balaban J connectivity index is 1.26. The minimum Gasteiger partial charge on any atom is -0.486 e. The minimum absolute atomic E-state index is 0.00378. The molecule has 0 spiro atoms. The van der Waals surface area contributed by atoms with Gasteiger partial charge in [0, 0.05) is 30.3 Å². The molecular weight excluding hydrogens is 388 g/mol. The van der Waals surface area contributed by atoms with Crippen molar-refractivity contribution >= 4 is 23.5 Å². The predicted octanol–water partition coefficient (Wildman–Crippen LogP) is 2.50. The summed E-state index contributed by atoms with van der Waals surface area (Å²) in [6.07, 6.45) is 0.0972. The van der Waals surface area contributed by atoms with Gasteiger partial charge in [-0.1, -0.05) is 23.3 Å². The highest BCUT2D eigenvalue weighted by Gasteiger charge is 2.36. The van der Waals surface area contributed by atoms with Crippen LogP contribution in [0.15, 0.2) is 52.9 Å². The quantitative estimate of drug-likeness (QED) is 0.709. The van der Waals surface area contributed by atoms with Crippen LogP contribution in [0.2, 0.25) is 0 Å². The molecule has 9 nitrogen and oxygen atoms in total. The number of anilines is 2. The Bertz CT molecular complexity index is 1100. The molecule has 0 aliphatic carbocycles. The monoisotopic (exact) mass is 406 g/mol. The highest BCUT2D eigenvalue weighted by atomic mass is 16.6. The van der Waals surface area contributed by atoms with Gasteiger partial charge in [-0.2, -0.15) is 0 Å². The van der Waals surface area contributed by atoms with Crippen LogP contribution >= 0.6 is 0 Å². The number of hydrogen-bond acceptors (Lipinski definition) is 7. The van der Waals surface area contributed by atoms with E-state index in [-0.39, 0.29) is 30.8 Å². The van der Waals surface area contributed by atoms with Gasteiger partial charge in [-0.05, 0) is 24.3 Å². The second-order valence-corrected chi connectivity index (χ2v) is 7.00. The van der Waals surface area contributed by atoms with Crippen molar-refractivity contribution in [2.75, 3.05) is 30.0 Å². The summed E-state index contributed by atoms with van der Waals surface area (Å²) in [4.78, 5) is 26.7. The number of nitrogens with one attached hydrogen (secondary N) is 1. The topological polar surface area (TPSA) is 107 Å². The van der Waals surface area contributed by atoms with E-state index in [0.717, 1.165) is 5.56 Å². The molecule has 1 N–H and O–H groups in total. The van der Waals surface area contributed by atoms with Gasteiger partial charge in [0.1, 0.15) is 13.2 Å². The first-order valence-corrected chi connectivity index (χ1v) is 9.57. The summed E-state index contributed by atoms with van der Waals surface area (Å²) in [5.41, 5.74) is 1.43. The average molecular weight is 406 g/mol. The van der Waals surface area contributed by atoms with E-state index < -0.39 is 5.92 Å². The van der Waals surface area contributed by atoms with E-state index in [2.05, 4.69) is 15.5 Å². The first-order chi connectivity index (χ1) is 14.7. The van der Waals surface area contributed by atoms with Gasteiger partial charge >= 0.3 is 6.01 Å². The van der Waals surface area contributed by atoms with Crippen LogP contribution in [0.4, 0.5) is 11.7 Å². The Hall–Kier alpha value is -3.88. The van der Waals surface area contributed by atoms with Crippen molar-refractivity contribution in [3.8, 4) is 23.0 Å². The molecule has 152 valence electrons. The smallest absolute Gasteiger partial charge is 0.322 e. The van der Waals surface area contributed by atoms with Crippen molar-refractivity contribution < 1.29 is 23.5 Å². The standard InChI is InChI=1S/C21H18N4O5/c26-18-10-14(12-25(18)15-6-7-16-17(11-15)29-9-8-28-16)19(27)22-21-24-23-20(30-21)13-4-2-1-3-5-13/h1-7,11,14H,8-10,12H2,(H,22,24,27)/t14-/m0/s1. The van der Waals surface area contributed by atoms with E-state index in [4.69, 9.17) is 13.9 Å². The molecule has 0 unspecified atom stereocenters. The maximum Gasteiger partial charge on any atom is 0.322 e. The molecule has 9 heteroatoms. The van der Waals surface area contributed by atoms with Crippen molar-refractivity contribution in [2.45, 2.75) is 6.42 Å². The number of rotatable bonds is 4. The minimum atomic E-state index is -0.530. The molecule has 5 rings (SSSR count). The van der Waals surface area contributed by atoms with Gasteiger partial charge in [0.15, 0.2) is 11.5 Å². The van der Waals surface area contributed by atoms with Crippen molar-refractivity contribution in [3.05, 3.63) is 48.5 Å². The maximum absolute atomic E-state index is 12.7. The normalized spacial score (nSPS) is 17.8. The van der Waals surface area contributed by atoms with Crippen LogP contribution in [-0.4, -0.2) is 41.8 Å². The van der Waals surface area contributed by atoms with Crippen LogP contribution in [0, 0.1) is 5.92 Å². The van der Waals surface area contributed by atoms with Gasteiger partial charge in [-0.15, -0.1) is 5.10 Å². The van der Waals surface area contributed by atoms with Crippen LogP contribution in [0.25, 0.3) is 11.5 Å². The lowest BCUT2D eigenvalue weighted by Gasteiger charge is -2.22. The zero-order chi connectivity index (χ0) is 20.5. The van der Waals surface area contributed by atoms with E-state index in [9.17, 15) is 9.59 Å². The summed E-state index contributed by atoms with van der Waals surface area (Å²) in [6, 6.07) is 14.6. The van der Waals surface area contributed by atoms with E-state index in [1.54, 1.807) is 23.1 Å². The molecule has 0 bridgehead atoms. The highest BCUT2D eigenvalue weighted by molar-refractivity contribution is 6.03. The molecule has 2 aliphatic rings. The molecule has 1 atom stereocenters. The van der Waals surface area contributed by atoms with Gasteiger partial charge in [0.2, 0.25) is 17.7 Å². The van der Waals surface area contributed by atoms with E-state index in [1.807, 2.05) is 30.3 Å². The zero-order valence-electron chi connectivity index (χ0n) is 15.9. The lowest BCUT2D eigenvalue weighted by atomic mass is 10.1. The van der Waals surface area contributed by atoms with Gasteiger partial charge in [0.25, 0.3) is 0 Å². The Kier molecular flexibility index (Phi) is 4.55. The number of ether oxygens (including phenoxy) is 2. The molecular formula is C21H18N4O5. The summed E-state index contributed by atoms with van der Waals surface area (Å²) < 4.78 is 16.6. The maximum atomic E-state index is 12.7. The largest absolute Gasteiger partial charge is 0.486 e. The number of aromatic nitrogens is 2. The Morgan fingerprint density at radius 3 is 2.67 bits per heavy atom. The zero-order valence-corrected chi connectivity index (χ0v) is 15.9. The van der Waals surface area contributed by atoms with Crippen molar-refractivity contribution in [1.29, 1.82) is 0 Å². The SMILES string of the molecule is O=C(Nc1nnc(-c2ccccc2)o1)[C@H]1CC(=O)N(c2ccc3c(c2)OCCO3)C1. The van der Waals surface area contributed by atoms with Gasteiger partial charge < -0.3 is 18.8 Å². The third kappa shape index (κ3) is 3.45. The number of benzene rings is 2. The molecule has 3 aromatic rings. The number of fused-ring (bicyclic) bond motifs is 1. The third-order valence-corrected chi connectivity index (χ3v) is 5.01. The first-order valence-electron chi connectivity index (χ1n) is 9.57. The number of carbonyl (C=O) groups is 2. The molecule has 1 aromatic heterocycles. The third-order valence-electron chi connectivity index (χ3n) is 5.01. The summed E-state index contributed by atoms with van der Waals surface area (Å²) in [5, 5.41) is 10.4. The molecule has 1 saturated heterocycles. The Morgan fingerprint density at radius 2 is 1.83 bits per heavy atom. The van der Waals surface area contributed by atoms with Gasteiger partial charge in [-0.3, -0.25) is 14.9 Å². The fourth-order valence-electron chi connectivity index (χ4n) is 3.51. The van der Waals surface area contributed by atoms with E-state index in [1.165, 1.54) is 0 Å². The van der Waals surface area contributed by atoms with Crippen LogP contribution in [0.3, 0.4) is 0 Å². The van der Waals surface area contributed by atoms with Crippen LogP contribution in [0.1, 0.15) is 6.42 Å². The molecule has 2 amide bonds. The lowest BCUT2D eigenvalue weighted by Crippen LogP contribution is -2.28. The molecule has 3 heterocycles. The number of hydrogen-bond donors (Lipinski definition) is 1. The van der Waals surface area contributed by atoms with E-state index >= 15 is 0 Å². The van der Waals surface area contributed by atoms with Gasteiger partial charge in [0.05, 0.1) is 5.92 Å². The number of amides is 2. The van der Waals surface area contributed by atoms with Crippen LogP contribution in [-0.2, 0) is 9.59 Å². The highest BCUT2D eigenvalue weighted by Crippen LogP contribution is 2.36. The lowest BCUT2D eigenvalue weighted by molar-refractivity contribution is -0.122. The van der Waals surface area contributed by atoms with Crippen molar-refractivity contribution in [2.24, 2.45) is 5.92 Å². The summed E-state index contributed by atoms with van der Waals surface area (Å²) >= 11 is 0. The molecule has 30 heavy (non-hydrogen) atoms. The van der Waals surface area contributed by atoms with Crippen molar-refractivity contribution in [3.63, 3.8) is 0 Å². The van der Waals surface area contributed by atoms with E-state index in [0.29, 0.717) is 36.3 Å². The Morgan fingerprint density at radius 1 is 1.03 bits per heavy atom. The second kappa shape index (κ2) is 7.51. The molecule has 0 radical (unpaired) electrons. The second-order valence-electron chi connectivity index (χ2n) is 7.00. The van der Waals surface area contributed by atoms with Crippen LogP contribution in [0.5, 0.6) is 11.5 Å². The fraction of sp³-hybridized carbons (Fsp3) is 0.238. The first kappa shape index (κ1) is 18.2. The number of carbonyl (C=O) groups excluding carboxylic acids is 2. The van der Waals surface area contributed by atoms with Crippen molar-refractivity contribution in [1.82, 2.24) is 10.2 Å². The fourth-order valence-corrected chi connectivity index (χ4v) is 3.51. The summed E-state index contributed by atoms with van der Waals surface area (Å²) in [6.45, 7) is 1.22. The Labute approximate surface area is 171 Å². The number of nitrogens with zero attached hydrogens (tertiary/aromatic N) is 3. The summed E-state index contributed by atoms with van der Waals surface area (Å²) in [7, 11) is 0. The summed E-state index contributed by atoms with van der Waals surface area (Å²) in [5.74, 6) is 0.549. The molecule has 1 fully saturated rings. The molecule has 2 aromatic carbocycles. The predicted molar refractivity (Wildman–Crippen MR) is 106 cm³/mol. The molecule has 2 aliphatic heterocycles. The van der Waals surface area contributed by atoms with Gasteiger partial charge in [-0.25, -0.2) is 0 Å². The van der Waals surface area contributed by atoms with Crippen LogP contribution < -0.4 is 19.7 Å². The molecule has 0 saturated carbocycles. The average Bonchev–Trinajstić information content (AvgIpc) is 3.41.